The molecule has 1 aliphatic heterocycles. The third-order valence-electron chi connectivity index (χ3n) is 1.80. The molecule has 1 fully saturated rings. The van der Waals surface area contributed by atoms with Gasteiger partial charge in [0.1, 0.15) is 0 Å². The summed E-state index contributed by atoms with van der Waals surface area (Å²) in [6, 6.07) is 0. The molecule has 1 aliphatic rings. The summed E-state index contributed by atoms with van der Waals surface area (Å²) >= 11 is -1.28. The van der Waals surface area contributed by atoms with E-state index in [1.165, 1.54) is 19.5 Å². The quantitative estimate of drug-likeness (QED) is 0.544. The fourth-order valence-electron chi connectivity index (χ4n) is 0.987. The molecule has 1 heterocycles. The van der Waals surface area contributed by atoms with Gasteiger partial charge in [0.05, 0.1) is 0 Å². The first kappa shape index (κ1) is 6.62. The van der Waals surface area contributed by atoms with Gasteiger partial charge in [0, 0.05) is 0 Å². The van der Waals surface area contributed by atoms with Gasteiger partial charge in [-0.15, -0.1) is 0 Å². The molecule has 0 atom stereocenters. The predicted octanol–water partition coefficient (Wildman–Crippen LogP) is 1.53. The summed E-state index contributed by atoms with van der Waals surface area (Å²) in [6.45, 7) is 2.78. The van der Waals surface area contributed by atoms with E-state index in [2.05, 4.69) is 21.1 Å². The van der Waals surface area contributed by atoms with Gasteiger partial charge in [-0.1, -0.05) is 0 Å². The van der Waals surface area contributed by atoms with Crippen LogP contribution in [0.3, 0.4) is 0 Å². The molecule has 8 heavy (non-hydrogen) atoms. The van der Waals surface area contributed by atoms with Crippen molar-refractivity contribution >= 4 is 13.5 Å². The van der Waals surface area contributed by atoms with Crippen LogP contribution in [0.5, 0.6) is 0 Å². The van der Waals surface area contributed by atoms with Crippen molar-refractivity contribution in [2.24, 2.45) is 0 Å². The average molecular weight is 174 g/mol. The van der Waals surface area contributed by atoms with Gasteiger partial charge in [-0.25, -0.2) is 0 Å². The third kappa shape index (κ3) is 1.26. The summed E-state index contributed by atoms with van der Waals surface area (Å²) in [6.07, 6.45) is 1.45. The molecule has 2 heteroatoms. The molecule has 0 spiro atoms. The summed E-state index contributed by atoms with van der Waals surface area (Å²) in [5, 5.41) is 0. The Morgan fingerprint density at radius 2 is 1.62 bits per heavy atom. The molecular formula is C6H15GeN. The third-order valence-corrected chi connectivity index (χ3v) is 6.72. The van der Waals surface area contributed by atoms with Gasteiger partial charge >= 0.3 is 54.1 Å². The van der Waals surface area contributed by atoms with Gasteiger partial charge < -0.3 is 0 Å². The molecule has 0 saturated carbocycles. The van der Waals surface area contributed by atoms with Crippen LogP contribution in [0, 0.1) is 0 Å². The van der Waals surface area contributed by atoms with Crippen molar-refractivity contribution in [1.29, 1.82) is 0 Å². The maximum atomic E-state index is 2.68. The Morgan fingerprint density at radius 3 is 1.62 bits per heavy atom. The van der Waals surface area contributed by atoms with Crippen LogP contribution in [0.25, 0.3) is 0 Å². The van der Waals surface area contributed by atoms with Gasteiger partial charge in [0.25, 0.3) is 0 Å². The number of hydrogen-bond donors (Lipinski definition) is 0. The van der Waals surface area contributed by atoms with Crippen LogP contribution in [-0.2, 0) is 0 Å². The zero-order valence-corrected chi connectivity index (χ0v) is 8.17. The van der Waals surface area contributed by atoms with E-state index in [4.69, 9.17) is 0 Å². The average Bonchev–Trinajstić information content (AvgIpc) is 1.16. The monoisotopic (exact) mass is 175 g/mol. The van der Waals surface area contributed by atoms with E-state index < -0.39 is 13.5 Å². The zero-order chi connectivity index (χ0) is 6.20. The summed E-state index contributed by atoms with van der Waals surface area (Å²) in [5.41, 5.74) is 0. The molecule has 1 rings (SSSR count). The molecule has 0 aliphatic carbocycles. The van der Waals surface area contributed by atoms with E-state index in [1.807, 2.05) is 0 Å². The molecule has 48 valence electrons. The summed E-state index contributed by atoms with van der Waals surface area (Å²) < 4.78 is 2.68. The first-order chi connectivity index (χ1) is 3.61. The van der Waals surface area contributed by atoms with Crippen LogP contribution in [0.2, 0.25) is 17.3 Å². The van der Waals surface area contributed by atoms with Gasteiger partial charge in [-0.3, -0.25) is 0 Å². The minimum atomic E-state index is -1.28. The van der Waals surface area contributed by atoms with Gasteiger partial charge in [0.15, 0.2) is 0 Å². The molecule has 1 nitrogen and oxygen atoms in total. The normalized spacial score (nSPS) is 22.9. The van der Waals surface area contributed by atoms with E-state index in [0.29, 0.717) is 0 Å². The van der Waals surface area contributed by atoms with Crippen molar-refractivity contribution in [2.75, 3.05) is 13.1 Å². The van der Waals surface area contributed by atoms with Crippen LogP contribution in [0.4, 0.5) is 0 Å². The van der Waals surface area contributed by atoms with Crippen LogP contribution >= 0.6 is 0 Å². The molecule has 0 N–H and O–H groups in total. The topological polar surface area (TPSA) is 3.24 Å². The fourth-order valence-corrected chi connectivity index (χ4v) is 4.47. The van der Waals surface area contributed by atoms with Crippen molar-refractivity contribution in [3.63, 3.8) is 0 Å². The molecule has 0 radical (unpaired) electrons. The van der Waals surface area contributed by atoms with Crippen molar-refractivity contribution in [2.45, 2.75) is 23.7 Å². The number of rotatable bonds is 1. The molecule has 0 bridgehead atoms. The second kappa shape index (κ2) is 2.03. The standard InChI is InChI=1S/C6H15GeN/c1-7(2,3)8-5-4-6-8/h4-6H2,1-3H3. The SMILES string of the molecule is [CH3][Ge]([CH3])([CH3])[N]1CCC1. The van der Waals surface area contributed by atoms with E-state index in [9.17, 15) is 0 Å². The molecule has 0 aromatic heterocycles. The van der Waals surface area contributed by atoms with Gasteiger partial charge in [-0.05, 0) is 0 Å². The summed E-state index contributed by atoms with van der Waals surface area (Å²) in [5.74, 6) is 7.37. The second-order valence-corrected chi connectivity index (χ2v) is 13.9. The molecule has 0 aromatic carbocycles. The van der Waals surface area contributed by atoms with Crippen molar-refractivity contribution in [1.82, 2.24) is 3.86 Å². The van der Waals surface area contributed by atoms with Crippen LogP contribution in [0.1, 0.15) is 6.42 Å². The Labute approximate surface area is 54.6 Å². The van der Waals surface area contributed by atoms with Crippen LogP contribution in [0.15, 0.2) is 0 Å². The minimum absolute atomic E-state index is 1.28. The van der Waals surface area contributed by atoms with Crippen molar-refractivity contribution < 1.29 is 0 Å². The summed E-state index contributed by atoms with van der Waals surface area (Å²) in [4.78, 5) is 0. The zero-order valence-electron chi connectivity index (χ0n) is 6.07. The van der Waals surface area contributed by atoms with E-state index in [1.54, 1.807) is 0 Å². The maximum absolute atomic E-state index is 2.68. The second-order valence-electron chi connectivity index (χ2n) is 3.51. The van der Waals surface area contributed by atoms with Gasteiger partial charge in [0.2, 0.25) is 0 Å². The first-order valence-corrected chi connectivity index (χ1v) is 10.6. The molecule has 0 aromatic rings. The molecule has 0 unspecified atom stereocenters. The van der Waals surface area contributed by atoms with Crippen LogP contribution < -0.4 is 0 Å². The van der Waals surface area contributed by atoms with E-state index in [-0.39, 0.29) is 0 Å². The molecular weight excluding hydrogens is 159 g/mol. The van der Waals surface area contributed by atoms with E-state index in [0.717, 1.165) is 0 Å². The summed E-state index contributed by atoms with van der Waals surface area (Å²) in [7, 11) is 0. The molecule has 0 amide bonds. The molecule has 1 saturated heterocycles. The van der Waals surface area contributed by atoms with Crippen molar-refractivity contribution in [3.8, 4) is 0 Å². The van der Waals surface area contributed by atoms with E-state index >= 15 is 0 Å². The first-order valence-electron chi connectivity index (χ1n) is 3.36. The Balaban J connectivity index is 2.34. The number of hydrogen-bond acceptors (Lipinski definition) is 1. The van der Waals surface area contributed by atoms with Crippen molar-refractivity contribution in [3.05, 3.63) is 0 Å². The number of nitrogens with zero attached hydrogens (tertiary/aromatic N) is 1. The van der Waals surface area contributed by atoms with Crippen LogP contribution in [-0.4, -0.2) is 30.4 Å². The Bertz CT molecular complexity index is 81.0. The predicted molar refractivity (Wildman–Crippen MR) is 39.5 cm³/mol. The Kier molecular flexibility index (Phi) is 1.68. The fraction of sp³-hybridized carbons (Fsp3) is 1.00. The Morgan fingerprint density at radius 1 is 1.12 bits per heavy atom. The van der Waals surface area contributed by atoms with Gasteiger partial charge in [-0.2, -0.15) is 0 Å². The Hall–Kier alpha value is 0.503.